The van der Waals surface area contributed by atoms with E-state index >= 15 is 0 Å². The number of halogens is 1. The minimum atomic E-state index is -0.169. The van der Waals surface area contributed by atoms with E-state index in [1.165, 1.54) is 0 Å². The summed E-state index contributed by atoms with van der Waals surface area (Å²) in [7, 11) is 0. The van der Waals surface area contributed by atoms with Crippen molar-refractivity contribution in [1.29, 1.82) is 0 Å². The van der Waals surface area contributed by atoms with Crippen LogP contribution in [0.1, 0.15) is 34.6 Å². The second-order valence-corrected chi connectivity index (χ2v) is 8.63. The summed E-state index contributed by atoms with van der Waals surface area (Å²) in [6, 6.07) is 15.6. The predicted octanol–water partition coefficient (Wildman–Crippen LogP) is 5.11. The second-order valence-electron chi connectivity index (χ2n) is 6.75. The van der Waals surface area contributed by atoms with Gasteiger partial charge in [0.1, 0.15) is 12.4 Å². The molecule has 2 N–H and O–H groups in total. The van der Waals surface area contributed by atoms with Gasteiger partial charge < -0.3 is 10.1 Å². The Kier molecular flexibility index (Phi) is 5.33. The maximum Gasteiger partial charge on any atom is 0.238 e. The van der Waals surface area contributed by atoms with Crippen molar-refractivity contribution >= 4 is 35.1 Å². The second kappa shape index (κ2) is 7.89. The van der Waals surface area contributed by atoms with E-state index < -0.39 is 0 Å². The van der Waals surface area contributed by atoms with Gasteiger partial charge in [-0.05, 0) is 49.2 Å². The number of hydrogen-bond acceptors (Lipinski definition) is 4. The monoisotopic (exact) mass is 413 g/mol. The Hall–Kier alpha value is -2.44. The summed E-state index contributed by atoms with van der Waals surface area (Å²) in [5, 5.41) is 10.7. The number of anilines is 1. The topological polar surface area (TPSA) is 67.0 Å². The SMILES string of the molecule is Cc1[nH]nc2c1C(c1ccc(OCc3cccc(Cl)c3)cc1)SC(C)C(=O)N2. The fraction of sp³-hybridized carbons (Fsp3) is 0.238. The van der Waals surface area contributed by atoms with Gasteiger partial charge in [-0.2, -0.15) is 5.10 Å². The number of amides is 1. The maximum atomic E-state index is 12.2. The van der Waals surface area contributed by atoms with Crippen LogP contribution in [0.4, 0.5) is 5.82 Å². The smallest absolute Gasteiger partial charge is 0.238 e. The summed E-state index contributed by atoms with van der Waals surface area (Å²) in [5.74, 6) is 1.38. The molecule has 2 heterocycles. The molecule has 4 rings (SSSR count). The van der Waals surface area contributed by atoms with Crippen molar-refractivity contribution in [1.82, 2.24) is 10.2 Å². The van der Waals surface area contributed by atoms with Gasteiger partial charge in [-0.25, -0.2) is 0 Å². The molecular weight excluding hydrogens is 394 g/mol. The lowest BCUT2D eigenvalue weighted by molar-refractivity contribution is -0.115. The van der Waals surface area contributed by atoms with Crippen LogP contribution < -0.4 is 10.1 Å². The number of nitrogens with one attached hydrogen (secondary N) is 2. The van der Waals surface area contributed by atoms with Gasteiger partial charge >= 0.3 is 0 Å². The van der Waals surface area contributed by atoms with Crippen LogP contribution in [0.3, 0.4) is 0 Å². The normalized spacial score (nSPS) is 18.9. The molecule has 0 fully saturated rings. The lowest BCUT2D eigenvalue weighted by Crippen LogP contribution is -2.21. The molecular formula is C21H20ClN3O2S. The molecule has 0 spiro atoms. The van der Waals surface area contributed by atoms with Gasteiger partial charge in [-0.3, -0.25) is 9.89 Å². The zero-order valence-electron chi connectivity index (χ0n) is 15.5. The molecule has 1 aromatic heterocycles. The highest BCUT2D eigenvalue weighted by atomic mass is 35.5. The molecule has 0 saturated carbocycles. The number of H-pyrrole nitrogens is 1. The van der Waals surface area contributed by atoms with Crippen LogP contribution in [-0.4, -0.2) is 21.4 Å². The van der Waals surface area contributed by atoms with Crippen molar-refractivity contribution in [2.45, 2.75) is 31.0 Å². The Balaban J connectivity index is 1.54. The summed E-state index contributed by atoms with van der Waals surface area (Å²) in [4.78, 5) is 12.2. The molecule has 0 saturated heterocycles. The van der Waals surface area contributed by atoms with Gasteiger partial charge in [-0.15, -0.1) is 11.8 Å². The number of aromatic amines is 1. The number of fused-ring (bicyclic) bond motifs is 1. The first kappa shape index (κ1) is 18.9. The average molecular weight is 414 g/mol. The molecule has 7 heteroatoms. The van der Waals surface area contributed by atoms with Gasteiger partial charge in [0.15, 0.2) is 5.82 Å². The third kappa shape index (κ3) is 3.88. The fourth-order valence-corrected chi connectivity index (χ4v) is 4.73. The number of rotatable bonds is 4. The summed E-state index contributed by atoms with van der Waals surface area (Å²) in [6.07, 6.45) is 0. The number of carbonyl (C=O) groups excluding carboxylic acids is 1. The van der Waals surface area contributed by atoms with Crippen LogP contribution in [-0.2, 0) is 11.4 Å². The van der Waals surface area contributed by atoms with E-state index in [2.05, 4.69) is 15.5 Å². The Morgan fingerprint density at radius 1 is 1.21 bits per heavy atom. The number of aromatic nitrogens is 2. The van der Waals surface area contributed by atoms with E-state index in [-0.39, 0.29) is 16.4 Å². The van der Waals surface area contributed by atoms with Crippen molar-refractivity contribution in [3.05, 3.63) is 75.9 Å². The van der Waals surface area contributed by atoms with Crippen LogP contribution in [0.2, 0.25) is 5.02 Å². The first-order chi connectivity index (χ1) is 13.5. The Morgan fingerprint density at radius 2 is 2.00 bits per heavy atom. The molecule has 0 bridgehead atoms. The van der Waals surface area contributed by atoms with E-state index in [1.54, 1.807) is 11.8 Å². The largest absolute Gasteiger partial charge is 0.489 e. The number of ether oxygens (including phenoxy) is 1. The van der Waals surface area contributed by atoms with E-state index in [1.807, 2.05) is 62.4 Å². The van der Waals surface area contributed by atoms with Gasteiger partial charge in [0, 0.05) is 16.3 Å². The van der Waals surface area contributed by atoms with Crippen LogP contribution in [0, 0.1) is 6.92 Å². The molecule has 0 radical (unpaired) electrons. The molecule has 0 aliphatic carbocycles. The lowest BCUT2D eigenvalue weighted by Gasteiger charge is -2.18. The number of carbonyl (C=O) groups is 1. The molecule has 2 unspecified atom stereocenters. The van der Waals surface area contributed by atoms with Crippen molar-refractivity contribution in [3.63, 3.8) is 0 Å². The number of benzene rings is 2. The predicted molar refractivity (Wildman–Crippen MR) is 113 cm³/mol. The third-order valence-electron chi connectivity index (χ3n) is 4.69. The van der Waals surface area contributed by atoms with Crippen molar-refractivity contribution in [3.8, 4) is 5.75 Å². The highest BCUT2D eigenvalue weighted by Gasteiger charge is 2.32. The molecule has 3 aromatic rings. The summed E-state index contributed by atoms with van der Waals surface area (Å²) >= 11 is 7.64. The maximum absolute atomic E-state index is 12.2. The fourth-order valence-electron chi connectivity index (χ4n) is 3.18. The Bertz CT molecular complexity index is 1000. The van der Waals surface area contributed by atoms with Crippen molar-refractivity contribution in [2.24, 2.45) is 0 Å². The van der Waals surface area contributed by atoms with E-state index in [0.29, 0.717) is 17.4 Å². The number of nitrogens with zero attached hydrogens (tertiary/aromatic N) is 1. The standard InChI is InChI=1S/C21H20ClN3O2S/c1-12-18-19(28-13(2)21(26)23-20(18)25-24-12)15-6-8-17(9-7-15)27-11-14-4-3-5-16(22)10-14/h3-10,13,19H,11H2,1-2H3,(H2,23,24,25,26). The highest BCUT2D eigenvalue weighted by Crippen LogP contribution is 2.44. The van der Waals surface area contributed by atoms with Gasteiger partial charge in [0.25, 0.3) is 0 Å². The molecule has 1 aliphatic rings. The highest BCUT2D eigenvalue weighted by molar-refractivity contribution is 8.01. The molecule has 1 amide bonds. The lowest BCUT2D eigenvalue weighted by atomic mass is 10.0. The molecule has 28 heavy (non-hydrogen) atoms. The average Bonchev–Trinajstić information content (AvgIpc) is 2.98. The van der Waals surface area contributed by atoms with Crippen molar-refractivity contribution < 1.29 is 9.53 Å². The van der Waals surface area contributed by atoms with E-state index in [9.17, 15) is 4.79 Å². The molecule has 5 nitrogen and oxygen atoms in total. The van der Waals surface area contributed by atoms with Crippen molar-refractivity contribution in [2.75, 3.05) is 5.32 Å². The molecule has 144 valence electrons. The zero-order chi connectivity index (χ0) is 19.7. The number of thioether (sulfide) groups is 1. The van der Waals surface area contributed by atoms with Crippen LogP contribution >= 0.6 is 23.4 Å². The Labute approximate surface area is 172 Å². The van der Waals surface area contributed by atoms with E-state index in [4.69, 9.17) is 16.3 Å². The quantitative estimate of drug-likeness (QED) is 0.623. The molecule has 2 atom stereocenters. The van der Waals surface area contributed by atoms with E-state index in [0.717, 1.165) is 28.1 Å². The minimum absolute atomic E-state index is 0.0182. The summed E-state index contributed by atoms with van der Waals surface area (Å²) < 4.78 is 5.88. The Morgan fingerprint density at radius 3 is 2.75 bits per heavy atom. The molecule has 1 aliphatic heterocycles. The summed E-state index contributed by atoms with van der Waals surface area (Å²) in [6.45, 7) is 4.35. The third-order valence-corrected chi connectivity index (χ3v) is 6.32. The first-order valence-corrected chi connectivity index (χ1v) is 10.3. The first-order valence-electron chi connectivity index (χ1n) is 8.99. The number of aryl methyl sites for hydroxylation is 1. The summed E-state index contributed by atoms with van der Waals surface area (Å²) in [5.41, 5.74) is 4.11. The van der Waals surface area contributed by atoms with Crippen LogP contribution in [0.15, 0.2) is 48.5 Å². The van der Waals surface area contributed by atoms with Gasteiger partial charge in [0.05, 0.1) is 10.5 Å². The minimum Gasteiger partial charge on any atom is -0.489 e. The van der Waals surface area contributed by atoms with Crippen LogP contribution in [0.25, 0.3) is 0 Å². The molecule has 2 aromatic carbocycles. The van der Waals surface area contributed by atoms with Gasteiger partial charge in [0.2, 0.25) is 5.91 Å². The van der Waals surface area contributed by atoms with Crippen LogP contribution in [0.5, 0.6) is 5.75 Å². The number of hydrogen-bond donors (Lipinski definition) is 2. The zero-order valence-corrected chi connectivity index (χ0v) is 17.1. The van der Waals surface area contributed by atoms with Gasteiger partial charge in [-0.1, -0.05) is 35.9 Å².